The van der Waals surface area contributed by atoms with Crippen molar-refractivity contribution in [1.29, 1.82) is 0 Å². The van der Waals surface area contributed by atoms with Gasteiger partial charge in [0.05, 0.1) is 13.0 Å². The van der Waals surface area contributed by atoms with Crippen molar-refractivity contribution in [2.75, 3.05) is 51.3 Å². The van der Waals surface area contributed by atoms with Crippen LogP contribution in [0.3, 0.4) is 0 Å². The normalized spacial score (nSPS) is 23.9. The van der Waals surface area contributed by atoms with Crippen LogP contribution in [-0.2, 0) is 11.3 Å². The Balaban J connectivity index is 1.18. The van der Waals surface area contributed by atoms with Crippen molar-refractivity contribution < 1.29 is 9.53 Å². The quantitative estimate of drug-likeness (QED) is 0.450. The zero-order valence-electron chi connectivity index (χ0n) is 22.9. The third kappa shape index (κ3) is 6.19. The number of amides is 1. The van der Waals surface area contributed by atoms with E-state index in [1.807, 2.05) is 23.9 Å². The van der Waals surface area contributed by atoms with E-state index in [0.717, 1.165) is 61.5 Å². The molecule has 7 heteroatoms. The van der Waals surface area contributed by atoms with Crippen molar-refractivity contribution >= 4 is 29.3 Å². The number of rotatable bonds is 8. The summed E-state index contributed by atoms with van der Waals surface area (Å²) >= 11 is 8.02. The molecule has 0 unspecified atom stereocenters. The Labute approximate surface area is 237 Å². The standard InChI is InChI=1S/C31H42ClN3O2S/c1-23-18-24(6-11-29(23)37-2)19-33-22-31(12-4-3-5-13-31)35-16-14-34(15-17-35)30(36)28-21-38-20-27(28)25-7-9-26(32)10-8-25/h6-11,18,27-28,33H,3-5,12-17,19-22H2,1-2H3/t27-,28+/m0/s1. The number of hydrogen-bond acceptors (Lipinski definition) is 5. The Hall–Kier alpha value is -1.73. The molecule has 2 aromatic rings. The van der Waals surface area contributed by atoms with Gasteiger partial charge in [-0.15, -0.1) is 0 Å². The van der Waals surface area contributed by atoms with Gasteiger partial charge in [0.25, 0.3) is 0 Å². The van der Waals surface area contributed by atoms with Gasteiger partial charge in [-0.1, -0.05) is 55.1 Å². The van der Waals surface area contributed by atoms with Crippen LogP contribution < -0.4 is 10.1 Å². The lowest BCUT2D eigenvalue weighted by Crippen LogP contribution is -2.62. The molecule has 1 amide bonds. The molecule has 0 bridgehead atoms. The molecule has 1 saturated carbocycles. The van der Waals surface area contributed by atoms with Gasteiger partial charge in [0, 0.05) is 67.3 Å². The predicted molar refractivity (Wildman–Crippen MR) is 158 cm³/mol. The number of hydrogen-bond donors (Lipinski definition) is 1. The molecule has 2 saturated heterocycles. The van der Waals surface area contributed by atoms with Crippen molar-refractivity contribution in [2.45, 2.75) is 57.0 Å². The zero-order valence-corrected chi connectivity index (χ0v) is 24.5. The molecule has 5 nitrogen and oxygen atoms in total. The van der Waals surface area contributed by atoms with E-state index >= 15 is 0 Å². The smallest absolute Gasteiger partial charge is 0.227 e. The van der Waals surface area contributed by atoms with Crippen LogP contribution in [0, 0.1) is 12.8 Å². The molecule has 1 N–H and O–H groups in total. The number of piperazine rings is 1. The maximum absolute atomic E-state index is 13.7. The van der Waals surface area contributed by atoms with Crippen LogP contribution in [0.4, 0.5) is 0 Å². The predicted octanol–water partition coefficient (Wildman–Crippen LogP) is 5.74. The van der Waals surface area contributed by atoms with Gasteiger partial charge in [0.15, 0.2) is 0 Å². The highest BCUT2D eigenvalue weighted by Crippen LogP contribution is 2.40. The Morgan fingerprint density at radius 3 is 2.47 bits per heavy atom. The van der Waals surface area contributed by atoms with Gasteiger partial charge in [-0.25, -0.2) is 0 Å². The van der Waals surface area contributed by atoms with Crippen LogP contribution in [0.1, 0.15) is 54.7 Å². The molecule has 0 radical (unpaired) electrons. The Kier molecular flexibility index (Phi) is 9.25. The van der Waals surface area contributed by atoms with E-state index in [4.69, 9.17) is 16.3 Å². The second kappa shape index (κ2) is 12.6. The molecule has 3 aliphatic rings. The van der Waals surface area contributed by atoms with E-state index in [1.165, 1.54) is 48.8 Å². The maximum atomic E-state index is 13.7. The molecule has 0 spiro atoms. The number of thioether (sulfide) groups is 1. The fourth-order valence-corrected chi connectivity index (χ4v) is 8.35. The second-order valence-corrected chi connectivity index (χ2v) is 12.8. The number of carbonyl (C=O) groups excluding carboxylic acids is 1. The maximum Gasteiger partial charge on any atom is 0.227 e. The molecular formula is C31H42ClN3O2S. The molecule has 38 heavy (non-hydrogen) atoms. The van der Waals surface area contributed by atoms with Crippen LogP contribution in [0.5, 0.6) is 5.75 Å². The average molecular weight is 556 g/mol. The van der Waals surface area contributed by atoms with E-state index in [1.54, 1.807) is 7.11 Å². The zero-order chi connectivity index (χ0) is 26.5. The molecule has 206 valence electrons. The minimum absolute atomic E-state index is 0.0750. The molecule has 3 fully saturated rings. The molecule has 1 aliphatic carbocycles. The molecule has 2 aromatic carbocycles. The van der Waals surface area contributed by atoms with Gasteiger partial charge < -0.3 is 15.0 Å². The fourth-order valence-electron chi connectivity index (χ4n) is 6.78. The van der Waals surface area contributed by atoms with E-state index in [2.05, 4.69) is 52.4 Å². The number of nitrogens with one attached hydrogen (secondary N) is 1. The number of aryl methyl sites for hydroxylation is 1. The highest BCUT2D eigenvalue weighted by molar-refractivity contribution is 7.99. The fraction of sp³-hybridized carbons (Fsp3) is 0.581. The topological polar surface area (TPSA) is 44.8 Å². The van der Waals surface area contributed by atoms with Crippen molar-refractivity contribution in [3.63, 3.8) is 0 Å². The van der Waals surface area contributed by atoms with E-state index in [0.29, 0.717) is 11.8 Å². The first-order valence-corrected chi connectivity index (χ1v) is 15.7. The summed E-state index contributed by atoms with van der Waals surface area (Å²) in [6.07, 6.45) is 6.42. The minimum Gasteiger partial charge on any atom is -0.496 e. The van der Waals surface area contributed by atoms with Gasteiger partial charge in [-0.3, -0.25) is 9.69 Å². The summed E-state index contributed by atoms with van der Waals surface area (Å²) in [7, 11) is 1.73. The summed E-state index contributed by atoms with van der Waals surface area (Å²) in [5.74, 6) is 3.59. The number of methoxy groups -OCH3 is 1. The molecule has 2 heterocycles. The summed E-state index contributed by atoms with van der Waals surface area (Å²) in [6.45, 7) is 7.61. The summed E-state index contributed by atoms with van der Waals surface area (Å²) < 4.78 is 5.42. The van der Waals surface area contributed by atoms with E-state index < -0.39 is 0 Å². The lowest BCUT2D eigenvalue weighted by molar-refractivity contribution is -0.138. The Bertz CT molecular complexity index is 1080. The number of ether oxygens (including phenoxy) is 1. The van der Waals surface area contributed by atoms with Crippen LogP contribution >= 0.6 is 23.4 Å². The van der Waals surface area contributed by atoms with E-state index in [-0.39, 0.29) is 11.5 Å². The van der Waals surface area contributed by atoms with Gasteiger partial charge in [-0.05, 0) is 54.7 Å². The van der Waals surface area contributed by atoms with Gasteiger partial charge in [-0.2, -0.15) is 11.8 Å². The first-order valence-electron chi connectivity index (χ1n) is 14.2. The van der Waals surface area contributed by atoms with Gasteiger partial charge in [0.2, 0.25) is 5.91 Å². The van der Waals surface area contributed by atoms with Crippen molar-refractivity contribution in [3.05, 3.63) is 64.2 Å². The van der Waals surface area contributed by atoms with Crippen molar-refractivity contribution in [3.8, 4) is 5.75 Å². The SMILES string of the molecule is COc1ccc(CNCC2(N3CCN(C(=O)[C@@H]4CSC[C@H]4c4ccc(Cl)cc4)CC3)CCCCC2)cc1C. The Morgan fingerprint density at radius 1 is 1.05 bits per heavy atom. The van der Waals surface area contributed by atoms with Crippen LogP contribution in [0.15, 0.2) is 42.5 Å². The van der Waals surface area contributed by atoms with Crippen LogP contribution in [0.2, 0.25) is 5.02 Å². The number of nitrogens with zero attached hydrogens (tertiary/aromatic N) is 2. The van der Waals surface area contributed by atoms with Crippen LogP contribution in [-0.4, -0.2) is 72.6 Å². The third-order valence-electron chi connectivity index (χ3n) is 8.98. The monoisotopic (exact) mass is 555 g/mol. The number of benzene rings is 2. The largest absolute Gasteiger partial charge is 0.496 e. The number of carbonyl (C=O) groups is 1. The first kappa shape index (κ1) is 27.8. The van der Waals surface area contributed by atoms with Crippen molar-refractivity contribution in [2.24, 2.45) is 5.92 Å². The molecular weight excluding hydrogens is 514 g/mol. The molecule has 5 rings (SSSR count). The third-order valence-corrected chi connectivity index (χ3v) is 10.4. The molecule has 0 aromatic heterocycles. The molecule has 2 atom stereocenters. The Morgan fingerprint density at radius 2 is 1.79 bits per heavy atom. The number of halogens is 1. The summed E-state index contributed by atoms with van der Waals surface area (Å²) in [4.78, 5) is 18.5. The lowest BCUT2D eigenvalue weighted by atomic mass is 9.79. The second-order valence-electron chi connectivity index (χ2n) is 11.3. The molecule has 2 aliphatic heterocycles. The minimum atomic E-state index is 0.0750. The first-order chi connectivity index (χ1) is 18.5. The van der Waals surface area contributed by atoms with E-state index in [9.17, 15) is 4.79 Å². The summed E-state index contributed by atoms with van der Waals surface area (Å²) in [6, 6.07) is 14.6. The lowest BCUT2D eigenvalue weighted by Gasteiger charge is -2.50. The van der Waals surface area contributed by atoms with Crippen molar-refractivity contribution in [1.82, 2.24) is 15.1 Å². The van der Waals surface area contributed by atoms with Crippen LogP contribution in [0.25, 0.3) is 0 Å². The highest BCUT2D eigenvalue weighted by atomic mass is 35.5. The average Bonchev–Trinajstić information content (AvgIpc) is 3.44. The summed E-state index contributed by atoms with van der Waals surface area (Å²) in [5, 5.41) is 4.56. The van der Waals surface area contributed by atoms with Gasteiger partial charge >= 0.3 is 0 Å². The van der Waals surface area contributed by atoms with Gasteiger partial charge in [0.1, 0.15) is 5.75 Å². The highest BCUT2D eigenvalue weighted by Gasteiger charge is 2.42. The summed E-state index contributed by atoms with van der Waals surface area (Å²) in [5.41, 5.74) is 3.92.